The van der Waals surface area contributed by atoms with Gasteiger partial charge in [-0.2, -0.15) is 0 Å². The first-order chi connectivity index (χ1) is 11.0. The summed E-state index contributed by atoms with van der Waals surface area (Å²) in [4.78, 5) is 16.8. The number of furan rings is 1. The van der Waals surface area contributed by atoms with E-state index in [1.54, 1.807) is 36.7 Å². The highest BCUT2D eigenvalue weighted by Crippen LogP contribution is 2.27. The van der Waals surface area contributed by atoms with Crippen LogP contribution in [0.3, 0.4) is 0 Å². The van der Waals surface area contributed by atoms with Gasteiger partial charge in [0, 0.05) is 17.6 Å². The fourth-order valence-corrected chi connectivity index (χ4v) is 2.30. The molecule has 0 aliphatic rings. The van der Waals surface area contributed by atoms with E-state index in [-0.39, 0.29) is 12.0 Å². The van der Waals surface area contributed by atoms with Crippen LogP contribution in [0.25, 0.3) is 11.0 Å². The van der Waals surface area contributed by atoms with E-state index >= 15 is 0 Å². The summed E-state index contributed by atoms with van der Waals surface area (Å²) in [6.45, 7) is 5.81. The average molecular weight is 310 g/mol. The maximum Gasteiger partial charge on any atom is 0.257 e. The maximum absolute atomic E-state index is 12.6. The molecule has 5 nitrogen and oxygen atoms in total. The van der Waals surface area contributed by atoms with Crippen molar-refractivity contribution in [3.05, 3.63) is 53.9 Å². The smallest absolute Gasteiger partial charge is 0.257 e. The lowest BCUT2D eigenvalue weighted by Gasteiger charge is -2.12. The number of aromatic nitrogens is 1. The lowest BCUT2D eigenvalue weighted by molar-refractivity contribution is 0.102. The number of aryl methyl sites for hydroxylation is 1. The molecule has 3 rings (SSSR count). The van der Waals surface area contributed by atoms with Gasteiger partial charge in [0.15, 0.2) is 0 Å². The highest BCUT2D eigenvalue weighted by molar-refractivity contribution is 6.12. The summed E-state index contributed by atoms with van der Waals surface area (Å²) in [6, 6.07) is 8.95. The number of carbonyl (C=O) groups is 1. The Labute approximate surface area is 134 Å². The van der Waals surface area contributed by atoms with Gasteiger partial charge in [-0.3, -0.25) is 4.79 Å². The molecule has 2 heterocycles. The Morgan fingerprint density at radius 2 is 2.09 bits per heavy atom. The standard InChI is InChI=1S/C18H18N2O3/c1-11(2)23-13-8-15(14-6-7-22-16(14)9-13)18(21)20-17-5-4-12(3)10-19-17/h4-11H,1-3H3,(H,19,20,21). The van der Waals surface area contributed by atoms with Crippen LogP contribution in [0, 0.1) is 6.92 Å². The molecule has 1 N–H and O–H groups in total. The number of nitrogens with one attached hydrogen (secondary N) is 1. The van der Waals surface area contributed by atoms with Crippen LogP contribution in [0.15, 0.2) is 47.2 Å². The van der Waals surface area contributed by atoms with Gasteiger partial charge in [-0.25, -0.2) is 4.98 Å². The first kappa shape index (κ1) is 15.1. The topological polar surface area (TPSA) is 64.4 Å². The van der Waals surface area contributed by atoms with E-state index in [9.17, 15) is 4.79 Å². The van der Waals surface area contributed by atoms with Crippen LogP contribution >= 0.6 is 0 Å². The molecule has 0 spiro atoms. The van der Waals surface area contributed by atoms with Gasteiger partial charge >= 0.3 is 0 Å². The minimum Gasteiger partial charge on any atom is -0.491 e. The second-order valence-electron chi connectivity index (χ2n) is 5.64. The van der Waals surface area contributed by atoms with Crippen LogP contribution in [0.4, 0.5) is 5.82 Å². The molecule has 0 aliphatic heterocycles. The van der Waals surface area contributed by atoms with E-state index in [1.165, 1.54) is 0 Å². The zero-order chi connectivity index (χ0) is 16.4. The van der Waals surface area contributed by atoms with Crippen molar-refractivity contribution in [2.75, 3.05) is 5.32 Å². The van der Waals surface area contributed by atoms with Gasteiger partial charge in [0.2, 0.25) is 0 Å². The Bertz CT molecular complexity index is 835. The van der Waals surface area contributed by atoms with Crippen LogP contribution in [0.5, 0.6) is 5.75 Å². The zero-order valence-corrected chi connectivity index (χ0v) is 13.3. The predicted molar refractivity (Wildman–Crippen MR) is 88.9 cm³/mol. The van der Waals surface area contributed by atoms with Gasteiger partial charge in [0.1, 0.15) is 17.2 Å². The summed E-state index contributed by atoms with van der Waals surface area (Å²) in [7, 11) is 0. The van der Waals surface area contributed by atoms with E-state index < -0.39 is 0 Å². The summed E-state index contributed by atoms with van der Waals surface area (Å²) >= 11 is 0. The second-order valence-corrected chi connectivity index (χ2v) is 5.64. The van der Waals surface area contributed by atoms with Crippen LogP contribution in [0.2, 0.25) is 0 Å². The van der Waals surface area contributed by atoms with Gasteiger partial charge < -0.3 is 14.5 Å². The van der Waals surface area contributed by atoms with Crippen LogP contribution in [-0.2, 0) is 0 Å². The Morgan fingerprint density at radius 1 is 1.26 bits per heavy atom. The predicted octanol–water partition coefficient (Wildman–Crippen LogP) is 4.18. The number of anilines is 1. The van der Waals surface area contributed by atoms with Crippen LogP contribution in [0.1, 0.15) is 29.8 Å². The summed E-state index contributed by atoms with van der Waals surface area (Å²) in [6.07, 6.45) is 3.28. The van der Waals surface area contributed by atoms with Crippen molar-refractivity contribution in [3.63, 3.8) is 0 Å². The van der Waals surface area contributed by atoms with E-state index in [2.05, 4.69) is 10.3 Å². The molecular formula is C18H18N2O3. The van der Waals surface area contributed by atoms with Crippen molar-refractivity contribution in [1.29, 1.82) is 0 Å². The SMILES string of the molecule is Cc1ccc(NC(=O)c2cc(OC(C)C)cc3occc23)nc1. The number of nitrogens with zero attached hydrogens (tertiary/aromatic N) is 1. The lowest BCUT2D eigenvalue weighted by Crippen LogP contribution is -2.14. The maximum atomic E-state index is 12.6. The Kier molecular flexibility index (Phi) is 4.02. The lowest BCUT2D eigenvalue weighted by atomic mass is 10.1. The molecule has 0 atom stereocenters. The zero-order valence-electron chi connectivity index (χ0n) is 13.3. The van der Waals surface area contributed by atoms with E-state index in [0.29, 0.717) is 22.7 Å². The minimum absolute atomic E-state index is 0.0112. The van der Waals surface area contributed by atoms with Gasteiger partial charge in [-0.15, -0.1) is 0 Å². The number of fused-ring (bicyclic) bond motifs is 1. The van der Waals surface area contributed by atoms with E-state index in [1.807, 2.05) is 26.8 Å². The second kappa shape index (κ2) is 6.12. The molecule has 23 heavy (non-hydrogen) atoms. The Morgan fingerprint density at radius 3 is 2.78 bits per heavy atom. The van der Waals surface area contributed by atoms with Gasteiger partial charge in [-0.1, -0.05) is 6.07 Å². The Balaban J connectivity index is 1.95. The van der Waals surface area contributed by atoms with Gasteiger partial charge in [0.05, 0.1) is 17.9 Å². The number of carbonyl (C=O) groups excluding carboxylic acids is 1. The van der Waals surface area contributed by atoms with Crippen molar-refractivity contribution >= 4 is 22.7 Å². The Hall–Kier alpha value is -2.82. The highest BCUT2D eigenvalue weighted by Gasteiger charge is 2.15. The minimum atomic E-state index is -0.248. The van der Waals surface area contributed by atoms with Crippen LogP contribution < -0.4 is 10.1 Å². The molecule has 0 unspecified atom stereocenters. The molecule has 0 bridgehead atoms. The van der Waals surface area contributed by atoms with Gasteiger partial charge in [-0.05, 0) is 44.5 Å². The fourth-order valence-electron chi connectivity index (χ4n) is 2.30. The molecule has 0 aliphatic carbocycles. The first-order valence-corrected chi connectivity index (χ1v) is 7.45. The third kappa shape index (κ3) is 3.34. The highest BCUT2D eigenvalue weighted by atomic mass is 16.5. The van der Waals surface area contributed by atoms with Crippen molar-refractivity contribution in [3.8, 4) is 5.75 Å². The number of amides is 1. The normalized spacial score (nSPS) is 11.0. The molecular weight excluding hydrogens is 292 g/mol. The van der Waals surface area contributed by atoms with Crippen molar-refractivity contribution in [2.45, 2.75) is 26.9 Å². The van der Waals surface area contributed by atoms with Gasteiger partial charge in [0.25, 0.3) is 5.91 Å². The quantitative estimate of drug-likeness (QED) is 0.785. The van der Waals surface area contributed by atoms with Crippen LogP contribution in [-0.4, -0.2) is 17.0 Å². The summed E-state index contributed by atoms with van der Waals surface area (Å²) in [5.74, 6) is 0.860. The molecule has 1 amide bonds. The van der Waals surface area contributed by atoms with E-state index in [4.69, 9.17) is 9.15 Å². The summed E-state index contributed by atoms with van der Waals surface area (Å²) in [5, 5.41) is 3.54. The average Bonchev–Trinajstić information content (AvgIpc) is 2.96. The first-order valence-electron chi connectivity index (χ1n) is 7.45. The van der Waals surface area contributed by atoms with Crippen molar-refractivity contribution < 1.29 is 13.9 Å². The molecule has 0 saturated carbocycles. The summed E-state index contributed by atoms with van der Waals surface area (Å²) in [5.41, 5.74) is 2.15. The third-order valence-electron chi connectivity index (χ3n) is 3.31. The number of benzene rings is 1. The third-order valence-corrected chi connectivity index (χ3v) is 3.31. The monoisotopic (exact) mass is 310 g/mol. The molecule has 0 radical (unpaired) electrons. The number of hydrogen-bond acceptors (Lipinski definition) is 4. The number of rotatable bonds is 4. The molecule has 0 saturated heterocycles. The van der Waals surface area contributed by atoms with Crippen molar-refractivity contribution in [1.82, 2.24) is 4.98 Å². The largest absolute Gasteiger partial charge is 0.491 e. The molecule has 2 aromatic heterocycles. The molecule has 118 valence electrons. The molecule has 3 aromatic rings. The van der Waals surface area contributed by atoms with E-state index in [0.717, 1.165) is 10.9 Å². The fraction of sp³-hybridized carbons (Fsp3) is 0.222. The number of ether oxygens (including phenoxy) is 1. The molecule has 5 heteroatoms. The molecule has 0 fully saturated rings. The summed E-state index contributed by atoms with van der Waals surface area (Å²) < 4.78 is 11.1. The van der Waals surface area contributed by atoms with Crippen molar-refractivity contribution in [2.24, 2.45) is 0 Å². The number of pyridine rings is 1. The molecule has 1 aromatic carbocycles. The number of hydrogen-bond donors (Lipinski definition) is 1.